The maximum atomic E-state index is 6.28. The second-order valence-corrected chi connectivity index (χ2v) is 8.07. The SMILES string of the molecule is Cc1cc(-c2cnc3c(NCc4nc5c(C)ccnc5[nH]4)cc(Cl)nn23)cs1. The first-order valence-electron chi connectivity index (χ1n) is 8.72. The van der Waals surface area contributed by atoms with Crippen molar-refractivity contribution in [2.45, 2.75) is 20.4 Å². The van der Waals surface area contributed by atoms with E-state index in [-0.39, 0.29) is 0 Å². The van der Waals surface area contributed by atoms with Crippen LogP contribution in [0.4, 0.5) is 5.69 Å². The number of nitrogens with zero attached hydrogens (tertiary/aromatic N) is 5. The molecule has 0 aromatic carbocycles. The van der Waals surface area contributed by atoms with Gasteiger partial charge in [0.15, 0.2) is 16.4 Å². The summed E-state index contributed by atoms with van der Waals surface area (Å²) in [7, 11) is 0. The van der Waals surface area contributed by atoms with Gasteiger partial charge < -0.3 is 10.3 Å². The number of imidazole rings is 2. The first-order chi connectivity index (χ1) is 13.6. The monoisotopic (exact) mass is 409 g/mol. The largest absolute Gasteiger partial charge is 0.375 e. The fourth-order valence-corrected chi connectivity index (χ4v) is 4.07. The second kappa shape index (κ2) is 6.57. The Morgan fingerprint density at radius 1 is 1.25 bits per heavy atom. The highest BCUT2D eigenvalue weighted by Gasteiger charge is 2.14. The molecule has 5 heterocycles. The zero-order valence-electron chi connectivity index (χ0n) is 15.2. The minimum atomic E-state index is 0.392. The van der Waals surface area contributed by atoms with Crippen LogP contribution in [0.5, 0.6) is 0 Å². The maximum Gasteiger partial charge on any atom is 0.177 e. The van der Waals surface area contributed by atoms with E-state index in [4.69, 9.17) is 11.6 Å². The van der Waals surface area contributed by atoms with E-state index in [9.17, 15) is 0 Å². The van der Waals surface area contributed by atoms with Crippen molar-refractivity contribution >= 4 is 45.4 Å². The lowest BCUT2D eigenvalue weighted by molar-refractivity contribution is 0.935. The maximum absolute atomic E-state index is 6.28. The van der Waals surface area contributed by atoms with E-state index in [1.807, 2.05) is 19.2 Å². The number of halogens is 1. The van der Waals surface area contributed by atoms with Crippen LogP contribution in [0.3, 0.4) is 0 Å². The topological polar surface area (TPSA) is 83.8 Å². The van der Waals surface area contributed by atoms with Gasteiger partial charge in [0, 0.05) is 28.1 Å². The predicted molar refractivity (Wildman–Crippen MR) is 112 cm³/mol. The Balaban J connectivity index is 1.50. The molecule has 5 aromatic heterocycles. The molecule has 0 aliphatic heterocycles. The standard InChI is InChI=1S/C19H16ClN7S/c1-10-3-4-21-18-17(10)24-16(25-18)8-22-13-6-15(20)26-27-14(7-23-19(13)27)12-5-11(2)28-9-12/h3-7,9,22H,8H2,1-2H3,(H,21,24,25). The number of nitrogens with one attached hydrogen (secondary N) is 2. The highest BCUT2D eigenvalue weighted by molar-refractivity contribution is 7.10. The Labute approximate surface area is 169 Å². The van der Waals surface area contributed by atoms with Crippen molar-refractivity contribution in [3.8, 4) is 11.3 Å². The van der Waals surface area contributed by atoms with E-state index in [1.165, 1.54) is 4.88 Å². The molecule has 0 radical (unpaired) electrons. The van der Waals surface area contributed by atoms with Crippen molar-refractivity contribution in [2.75, 3.05) is 5.32 Å². The molecule has 7 nitrogen and oxygen atoms in total. The van der Waals surface area contributed by atoms with Crippen molar-refractivity contribution in [1.82, 2.24) is 29.5 Å². The number of aromatic amines is 1. The third-order valence-electron chi connectivity index (χ3n) is 4.55. The van der Waals surface area contributed by atoms with Crippen molar-refractivity contribution in [1.29, 1.82) is 0 Å². The zero-order valence-corrected chi connectivity index (χ0v) is 16.8. The van der Waals surface area contributed by atoms with Gasteiger partial charge in [-0.05, 0) is 31.5 Å². The number of thiophene rings is 1. The molecule has 0 spiro atoms. The lowest BCUT2D eigenvalue weighted by atomic mass is 10.2. The summed E-state index contributed by atoms with van der Waals surface area (Å²) in [5, 5.41) is 10.3. The number of aryl methyl sites for hydroxylation is 2. The highest BCUT2D eigenvalue weighted by atomic mass is 35.5. The first kappa shape index (κ1) is 17.2. The van der Waals surface area contributed by atoms with Gasteiger partial charge in [0.2, 0.25) is 0 Å². The number of rotatable bonds is 4. The lowest BCUT2D eigenvalue weighted by Crippen LogP contribution is -2.05. The smallest absolute Gasteiger partial charge is 0.177 e. The quantitative estimate of drug-likeness (QED) is 0.452. The van der Waals surface area contributed by atoms with E-state index in [2.05, 4.69) is 48.7 Å². The van der Waals surface area contributed by atoms with E-state index < -0.39 is 0 Å². The summed E-state index contributed by atoms with van der Waals surface area (Å²) >= 11 is 7.98. The van der Waals surface area contributed by atoms with Crippen LogP contribution in [0.2, 0.25) is 5.15 Å². The molecule has 2 N–H and O–H groups in total. The molecule has 9 heteroatoms. The van der Waals surface area contributed by atoms with Gasteiger partial charge >= 0.3 is 0 Å². The van der Waals surface area contributed by atoms with E-state index in [0.717, 1.165) is 39.5 Å². The van der Waals surface area contributed by atoms with Gasteiger partial charge in [-0.15, -0.1) is 11.3 Å². The highest BCUT2D eigenvalue weighted by Crippen LogP contribution is 2.29. The summed E-state index contributed by atoms with van der Waals surface area (Å²) in [6.45, 7) is 4.59. The van der Waals surface area contributed by atoms with Crippen LogP contribution < -0.4 is 5.32 Å². The number of H-pyrrole nitrogens is 1. The minimum absolute atomic E-state index is 0.392. The molecular formula is C19H16ClN7S. The van der Waals surface area contributed by atoms with Gasteiger partial charge in [0.05, 0.1) is 24.1 Å². The summed E-state index contributed by atoms with van der Waals surface area (Å²) in [4.78, 5) is 18.0. The predicted octanol–water partition coefficient (Wildman–Crippen LogP) is 4.61. The number of hydrogen-bond acceptors (Lipinski definition) is 6. The molecule has 28 heavy (non-hydrogen) atoms. The summed E-state index contributed by atoms with van der Waals surface area (Å²) in [5.74, 6) is 0.795. The number of anilines is 1. The van der Waals surface area contributed by atoms with Crippen molar-refractivity contribution in [3.63, 3.8) is 0 Å². The minimum Gasteiger partial charge on any atom is -0.375 e. The molecule has 0 atom stereocenters. The van der Waals surface area contributed by atoms with Gasteiger partial charge in [-0.2, -0.15) is 5.10 Å². The molecule has 0 saturated heterocycles. The Morgan fingerprint density at radius 2 is 2.14 bits per heavy atom. The van der Waals surface area contributed by atoms with Crippen LogP contribution in [0.1, 0.15) is 16.3 Å². The summed E-state index contributed by atoms with van der Waals surface area (Å²) in [6, 6.07) is 5.84. The normalized spacial score (nSPS) is 11.5. The number of pyridine rings is 1. The van der Waals surface area contributed by atoms with Crippen molar-refractivity contribution < 1.29 is 0 Å². The molecule has 0 aliphatic carbocycles. The van der Waals surface area contributed by atoms with Crippen LogP contribution in [0.15, 0.2) is 36.0 Å². The van der Waals surface area contributed by atoms with Crippen LogP contribution in [-0.4, -0.2) is 29.5 Å². The molecule has 5 aromatic rings. The second-order valence-electron chi connectivity index (χ2n) is 6.57. The van der Waals surface area contributed by atoms with Gasteiger partial charge in [0.1, 0.15) is 11.3 Å². The Morgan fingerprint density at radius 3 is 2.93 bits per heavy atom. The Bertz CT molecular complexity index is 1320. The molecule has 0 amide bonds. The third kappa shape index (κ3) is 2.90. The lowest BCUT2D eigenvalue weighted by Gasteiger charge is -2.07. The molecule has 0 saturated carbocycles. The van der Waals surface area contributed by atoms with Gasteiger partial charge in [-0.1, -0.05) is 11.6 Å². The molecular weight excluding hydrogens is 394 g/mol. The van der Waals surface area contributed by atoms with Gasteiger partial charge in [-0.3, -0.25) is 0 Å². The van der Waals surface area contributed by atoms with Crippen molar-refractivity contribution in [3.05, 3.63) is 57.4 Å². The molecule has 140 valence electrons. The molecule has 0 bridgehead atoms. The summed E-state index contributed by atoms with van der Waals surface area (Å²) in [5.41, 5.74) is 6.25. The zero-order chi connectivity index (χ0) is 19.3. The number of fused-ring (bicyclic) bond motifs is 2. The average molecular weight is 410 g/mol. The van der Waals surface area contributed by atoms with E-state index >= 15 is 0 Å². The third-order valence-corrected chi connectivity index (χ3v) is 5.59. The molecule has 5 rings (SSSR count). The number of aromatic nitrogens is 6. The summed E-state index contributed by atoms with van der Waals surface area (Å²) in [6.07, 6.45) is 3.59. The van der Waals surface area contributed by atoms with Gasteiger partial charge in [-0.25, -0.2) is 19.5 Å². The fraction of sp³-hybridized carbons (Fsp3) is 0.158. The first-order valence-corrected chi connectivity index (χ1v) is 9.98. The van der Waals surface area contributed by atoms with E-state index in [0.29, 0.717) is 17.3 Å². The average Bonchev–Trinajstić information content (AvgIpc) is 3.37. The van der Waals surface area contributed by atoms with Crippen LogP contribution in [0.25, 0.3) is 28.1 Å². The number of hydrogen-bond donors (Lipinski definition) is 2. The van der Waals surface area contributed by atoms with Crippen LogP contribution in [0, 0.1) is 13.8 Å². The molecule has 0 fully saturated rings. The molecule has 0 aliphatic rings. The van der Waals surface area contributed by atoms with Crippen molar-refractivity contribution in [2.24, 2.45) is 0 Å². The van der Waals surface area contributed by atoms with Crippen LogP contribution >= 0.6 is 22.9 Å². The summed E-state index contributed by atoms with van der Waals surface area (Å²) < 4.78 is 1.77. The van der Waals surface area contributed by atoms with Gasteiger partial charge in [0.25, 0.3) is 0 Å². The fourth-order valence-electron chi connectivity index (χ4n) is 3.19. The van der Waals surface area contributed by atoms with Crippen LogP contribution in [-0.2, 0) is 6.54 Å². The Kier molecular flexibility index (Phi) is 4.03. The molecule has 0 unspecified atom stereocenters. The van der Waals surface area contributed by atoms with E-state index in [1.54, 1.807) is 28.1 Å². The Hall–Kier alpha value is -2.97.